The smallest absolute Gasteiger partial charge is 0.00490 e. The summed E-state index contributed by atoms with van der Waals surface area (Å²) in [6.07, 6.45) is 4.13. The van der Waals surface area contributed by atoms with Gasteiger partial charge in [-0.15, -0.1) is 0 Å². The Hall–Kier alpha value is 0.310. The largest absolute Gasteiger partial charge is 0.317 e. The Morgan fingerprint density at radius 1 is 1.09 bits per heavy atom. The third-order valence-corrected chi connectivity index (χ3v) is 2.58. The minimum atomic E-state index is 1.11. The molecule has 0 heterocycles. The molecule has 0 unspecified atom stereocenters. The van der Waals surface area contributed by atoms with E-state index >= 15 is 0 Å². The third kappa shape index (κ3) is 10.3. The maximum absolute atomic E-state index is 3.33. The van der Waals surface area contributed by atoms with Crippen molar-refractivity contribution in [2.75, 3.05) is 24.6 Å². The number of hydrogen-bond acceptors (Lipinski definition) is 2. The van der Waals surface area contributed by atoms with E-state index in [1.165, 1.54) is 37.3 Å². The second-order valence-corrected chi connectivity index (χ2v) is 4.00. The monoisotopic (exact) mass is 175 g/mol. The van der Waals surface area contributed by atoms with E-state index in [0.717, 1.165) is 6.54 Å². The van der Waals surface area contributed by atoms with Crippen LogP contribution in [0.2, 0.25) is 0 Å². The molecule has 0 atom stereocenters. The molecule has 0 aliphatic carbocycles. The van der Waals surface area contributed by atoms with Crippen LogP contribution in [0, 0.1) is 0 Å². The number of hydrogen-bond donors (Lipinski definition) is 1. The van der Waals surface area contributed by atoms with E-state index in [-0.39, 0.29) is 0 Å². The number of nitrogens with one attached hydrogen (secondary N) is 1. The Kier molecular flexibility index (Phi) is 10.6. The summed E-state index contributed by atoms with van der Waals surface area (Å²) in [5.41, 5.74) is 0. The summed E-state index contributed by atoms with van der Waals surface area (Å²) in [6.45, 7) is 6.70. The summed E-state index contributed by atoms with van der Waals surface area (Å²) in [4.78, 5) is 0. The van der Waals surface area contributed by atoms with Crippen LogP contribution >= 0.6 is 11.8 Å². The predicted octanol–water partition coefficient (Wildman–Crippen LogP) is 2.52. The zero-order chi connectivity index (χ0) is 8.36. The lowest BCUT2D eigenvalue weighted by Gasteiger charge is -2.00. The normalized spacial score (nSPS) is 10.4. The fraction of sp³-hybridized carbons (Fsp3) is 1.00. The molecular weight excluding hydrogens is 154 g/mol. The van der Waals surface area contributed by atoms with E-state index in [1.807, 2.05) is 0 Å². The van der Waals surface area contributed by atoms with Gasteiger partial charge < -0.3 is 5.32 Å². The highest BCUT2D eigenvalue weighted by atomic mass is 32.2. The summed E-state index contributed by atoms with van der Waals surface area (Å²) in [5.74, 6) is 2.62. The molecule has 0 radical (unpaired) electrons. The molecule has 0 aliphatic heterocycles. The van der Waals surface area contributed by atoms with E-state index in [4.69, 9.17) is 0 Å². The van der Waals surface area contributed by atoms with Crippen LogP contribution in [0.25, 0.3) is 0 Å². The van der Waals surface area contributed by atoms with Crippen LogP contribution in [0.4, 0.5) is 0 Å². The predicted molar refractivity (Wildman–Crippen MR) is 55.4 cm³/mol. The lowest BCUT2D eigenvalue weighted by Crippen LogP contribution is -2.13. The maximum Gasteiger partial charge on any atom is -0.00490 e. The van der Waals surface area contributed by atoms with Gasteiger partial charge in [-0.3, -0.25) is 0 Å². The lowest BCUT2D eigenvalue weighted by molar-refractivity contribution is 0.636. The van der Waals surface area contributed by atoms with Gasteiger partial charge in [-0.2, -0.15) is 11.8 Å². The fourth-order valence-electron chi connectivity index (χ4n) is 0.952. The van der Waals surface area contributed by atoms with Crippen molar-refractivity contribution in [1.82, 2.24) is 5.32 Å². The molecule has 2 heteroatoms. The summed E-state index contributed by atoms with van der Waals surface area (Å²) in [6, 6.07) is 0. The van der Waals surface area contributed by atoms with Crippen molar-refractivity contribution in [2.24, 2.45) is 0 Å². The highest BCUT2D eigenvalue weighted by Gasteiger charge is 1.88. The van der Waals surface area contributed by atoms with E-state index in [1.54, 1.807) is 0 Å². The molecule has 0 rings (SSSR count). The average Bonchev–Trinajstić information content (AvgIpc) is 2.03. The average molecular weight is 175 g/mol. The van der Waals surface area contributed by atoms with Crippen LogP contribution in [-0.4, -0.2) is 24.6 Å². The van der Waals surface area contributed by atoms with Crippen molar-refractivity contribution >= 4 is 11.8 Å². The molecule has 0 aromatic carbocycles. The number of thioether (sulfide) groups is 1. The molecule has 1 nitrogen and oxygen atoms in total. The molecule has 0 saturated heterocycles. The van der Waals surface area contributed by atoms with Crippen molar-refractivity contribution in [3.8, 4) is 0 Å². The zero-order valence-electron chi connectivity index (χ0n) is 7.86. The van der Waals surface area contributed by atoms with Crippen molar-refractivity contribution in [3.63, 3.8) is 0 Å². The molecule has 0 spiro atoms. The minimum Gasteiger partial charge on any atom is -0.317 e. The van der Waals surface area contributed by atoms with Crippen LogP contribution in [0.5, 0.6) is 0 Å². The van der Waals surface area contributed by atoms with Gasteiger partial charge in [-0.25, -0.2) is 0 Å². The molecule has 0 aliphatic rings. The first-order valence-electron chi connectivity index (χ1n) is 4.70. The first-order valence-corrected chi connectivity index (χ1v) is 5.85. The van der Waals surface area contributed by atoms with Gasteiger partial charge in [-0.1, -0.05) is 20.3 Å². The first kappa shape index (κ1) is 11.3. The SMILES string of the molecule is CCNCCCCCSCC. The van der Waals surface area contributed by atoms with Crippen molar-refractivity contribution < 1.29 is 0 Å². The van der Waals surface area contributed by atoms with Crippen LogP contribution in [0.15, 0.2) is 0 Å². The van der Waals surface area contributed by atoms with Gasteiger partial charge in [0.1, 0.15) is 0 Å². The minimum absolute atomic E-state index is 1.11. The molecule has 0 bridgehead atoms. The Labute approximate surface area is 75.3 Å². The van der Waals surface area contributed by atoms with Gasteiger partial charge in [0.2, 0.25) is 0 Å². The molecule has 1 N–H and O–H groups in total. The van der Waals surface area contributed by atoms with E-state index in [0.29, 0.717) is 0 Å². The van der Waals surface area contributed by atoms with Gasteiger partial charge in [-0.05, 0) is 37.4 Å². The van der Waals surface area contributed by atoms with Gasteiger partial charge >= 0.3 is 0 Å². The zero-order valence-corrected chi connectivity index (χ0v) is 8.67. The van der Waals surface area contributed by atoms with E-state index in [2.05, 4.69) is 30.9 Å². The maximum atomic E-state index is 3.33. The molecule has 0 aromatic rings. The molecule has 0 amide bonds. The highest BCUT2D eigenvalue weighted by molar-refractivity contribution is 7.99. The topological polar surface area (TPSA) is 12.0 Å². The Balaban J connectivity index is 2.69. The van der Waals surface area contributed by atoms with Gasteiger partial charge in [0.15, 0.2) is 0 Å². The van der Waals surface area contributed by atoms with E-state index < -0.39 is 0 Å². The fourth-order valence-corrected chi connectivity index (χ4v) is 1.65. The first-order chi connectivity index (χ1) is 5.41. The second kappa shape index (κ2) is 10.3. The van der Waals surface area contributed by atoms with Crippen LogP contribution < -0.4 is 5.32 Å². The third-order valence-electron chi connectivity index (χ3n) is 1.60. The molecule has 0 aromatic heterocycles. The van der Waals surface area contributed by atoms with Gasteiger partial charge in [0.05, 0.1) is 0 Å². The Bertz CT molecular complexity index is 58.6. The molecule has 68 valence electrons. The second-order valence-electron chi connectivity index (χ2n) is 2.61. The lowest BCUT2D eigenvalue weighted by atomic mass is 10.2. The molecule has 0 saturated carbocycles. The molecule has 11 heavy (non-hydrogen) atoms. The van der Waals surface area contributed by atoms with Crippen molar-refractivity contribution in [3.05, 3.63) is 0 Å². The van der Waals surface area contributed by atoms with Gasteiger partial charge in [0.25, 0.3) is 0 Å². The van der Waals surface area contributed by atoms with Crippen molar-refractivity contribution in [1.29, 1.82) is 0 Å². The van der Waals surface area contributed by atoms with Gasteiger partial charge in [0, 0.05) is 0 Å². The molecule has 0 fully saturated rings. The summed E-state index contributed by atoms with van der Waals surface area (Å²) >= 11 is 2.05. The molecular formula is C9H21NS. The standard InChI is InChI=1S/C9H21NS/c1-3-10-8-6-5-7-9-11-4-2/h10H,3-9H2,1-2H3. The van der Waals surface area contributed by atoms with Crippen LogP contribution in [-0.2, 0) is 0 Å². The van der Waals surface area contributed by atoms with Crippen molar-refractivity contribution in [2.45, 2.75) is 33.1 Å². The summed E-state index contributed by atoms with van der Waals surface area (Å²) in [5, 5.41) is 3.33. The number of rotatable bonds is 8. The quantitative estimate of drug-likeness (QED) is 0.569. The van der Waals surface area contributed by atoms with Crippen LogP contribution in [0.1, 0.15) is 33.1 Å². The van der Waals surface area contributed by atoms with Crippen LogP contribution in [0.3, 0.4) is 0 Å². The summed E-state index contributed by atoms with van der Waals surface area (Å²) in [7, 11) is 0. The highest BCUT2D eigenvalue weighted by Crippen LogP contribution is 2.04. The number of unbranched alkanes of at least 4 members (excludes halogenated alkanes) is 2. The van der Waals surface area contributed by atoms with E-state index in [9.17, 15) is 0 Å². The Morgan fingerprint density at radius 2 is 1.91 bits per heavy atom. The Morgan fingerprint density at radius 3 is 2.55 bits per heavy atom. The summed E-state index contributed by atoms with van der Waals surface area (Å²) < 4.78 is 0.